The Bertz CT molecular complexity index is 558. The molecule has 0 aromatic heterocycles. The summed E-state index contributed by atoms with van der Waals surface area (Å²) in [5.74, 6) is -0.282. The van der Waals surface area contributed by atoms with Gasteiger partial charge >= 0.3 is 6.09 Å². The lowest BCUT2D eigenvalue weighted by Crippen LogP contribution is -2.41. The minimum Gasteiger partial charge on any atom is -0.444 e. The number of hydrogen-bond acceptors (Lipinski definition) is 3. The molecule has 1 aliphatic rings. The number of halogens is 1. The second kappa shape index (κ2) is 6.46. The van der Waals surface area contributed by atoms with Crippen molar-refractivity contribution in [2.45, 2.75) is 45.1 Å². The Morgan fingerprint density at radius 3 is 2.45 bits per heavy atom. The Morgan fingerprint density at radius 2 is 1.95 bits per heavy atom. The van der Waals surface area contributed by atoms with Crippen LogP contribution in [0.2, 0.25) is 0 Å². The molecule has 120 valence electrons. The van der Waals surface area contributed by atoms with Gasteiger partial charge in [0.15, 0.2) is 6.29 Å². The molecular formula is C17H22FNO3. The molecule has 0 bridgehead atoms. The third-order valence-corrected chi connectivity index (χ3v) is 3.77. The number of hydrogen-bond donors (Lipinski definition) is 0. The van der Waals surface area contributed by atoms with E-state index in [1.165, 1.54) is 12.1 Å². The number of amides is 1. The van der Waals surface area contributed by atoms with Crippen LogP contribution in [0.1, 0.15) is 55.5 Å². The molecule has 22 heavy (non-hydrogen) atoms. The molecule has 1 heterocycles. The third kappa shape index (κ3) is 4.06. The van der Waals surface area contributed by atoms with Crippen molar-refractivity contribution < 1.29 is 18.7 Å². The maximum Gasteiger partial charge on any atom is 0.410 e. The number of benzene rings is 1. The van der Waals surface area contributed by atoms with Crippen LogP contribution < -0.4 is 0 Å². The van der Waals surface area contributed by atoms with E-state index in [-0.39, 0.29) is 17.6 Å². The summed E-state index contributed by atoms with van der Waals surface area (Å²) in [7, 11) is 0. The van der Waals surface area contributed by atoms with Gasteiger partial charge in [-0.3, -0.25) is 4.79 Å². The second-order valence-electron chi connectivity index (χ2n) is 6.64. The smallest absolute Gasteiger partial charge is 0.410 e. The lowest BCUT2D eigenvalue weighted by atomic mass is 9.89. The molecule has 1 saturated heterocycles. The first-order valence-corrected chi connectivity index (χ1v) is 7.52. The van der Waals surface area contributed by atoms with Gasteiger partial charge in [-0.05, 0) is 57.2 Å². The van der Waals surface area contributed by atoms with E-state index in [1.807, 2.05) is 20.8 Å². The summed E-state index contributed by atoms with van der Waals surface area (Å²) in [5, 5.41) is 0. The molecule has 0 spiro atoms. The van der Waals surface area contributed by atoms with Gasteiger partial charge in [-0.25, -0.2) is 9.18 Å². The Balaban J connectivity index is 1.96. The Labute approximate surface area is 130 Å². The summed E-state index contributed by atoms with van der Waals surface area (Å²) in [4.78, 5) is 24.3. The first kappa shape index (κ1) is 16.5. The highest BCUT2D eigenvalue weighted by atomic mass is 19.1. The van der Waals surface area contributed by atoms with E-state index in [2.05, 4.69) is 0 Å². The van der Waals surface area contributed by atoms with Gasteiger partial charge in [0.2, 0.25) is 0 Å². The molecule has 1 aliphatic heterocycles. The average Bonchev–Trinajstić information content (AvgIpc) is 2.45. The lowest BCUT2D eigenvalue weighted by molar-refractivity contribution is 0.0204. The molecule has 0 N–H and O–H groups in total. The monoisotopic (exact) mass is 307 g/mol. The summed E-state index contributed by atoms with van der Waals surface area (Å²) >= 11 is 0. The van der Waals surface area contributed by atoms with Gasteiger partial charge in [0.05, 0.1) is 5.56 Å². The molecule has 1 aromatic rings. The van der Waals surface area contributed by atoms with Crippen molar-refractivity contribution in [1.82, 2.24) is 4.90 Å². The average molecular weight is 307 g/mol. The molecular weight excluding hydrogens is 285 g/mol. The number of carbonyl (C=O) groups excluding carboxylic acids is 2. The van der Waals surface area contributed by atoms with Gasteiger partial charge in [-0.15, -0.1) is 0 Å². The predicted octanol–water partition coefficient (Wildman–Crippen LogP) is 3.75. The van der Waals surface area contributed by atoms with Crippen molar-refractivity contribution in [3.63, 3.8) is 0 Å². The zero-order valence-electron chi connectivity index (χ0n) is 13.3. The normalized spacial score (nSPS) is 16.5. The van der Waals surface area contributed by atoms with Crippen molar-refractivity contribution in [3.8, 4) is 0 Å². The highest BCUT2D eigenvalue weighted by molar-refractivity contribution is 5.75. The van der Waals surface area contributed by atoms with Crippen LogP contribution in [0.5, 0.6) is 0 Å². The standard InChI is InChI=1S/C17H22FNO3/c1-17(2,3)22-16(21)19-8-6-12(7-9-19)13-4-5-14(11-20)15(18)10-13/h4-5,10-12H,6-9H2,1-3H3. The fourth-order valence-electron chi connectivity index (χ4n) is 2.61. The number of rotatable bonds is 2. The second-order valence-corrected chi connectivity index (χ2v) is 6.64. The predicted molar refractivity (Wildman–Crippen MR) is 81.6 cm³/mol. The molecule has 1 aromatic carbocycles. The molecule has 0 saturated carbocycles. The summed E-state index contributed by atoms with van der Waals surface area (Å²) in [6.45, 7) is 6.71. The van der Waals surface area contributed by atoms with E-state index >= 15 is 0 Å². The summed E-state index contributed by atoms with van der Waals surface area (Å²) < 4.78 is 19.0. The first-order chi connectivity index (χ1) is 10.3. The van der Waals surface area contributed by atoms with Crippen LogP contribution in [0.3, 0.4) is 0 Å². The fourth-order valence-corrected chi connectivity index (χ4v) is 2.61. The molecule has 0 radical (unpaired) electrons. The largest absolute Gasteiger partial charge is 0.444 e. The van der Waals surface area contributed by atoms with Crippen LogP contribution in [0.4, 0.5) is 9.18 Å². The maximum absolute atomic E-state index is 13.7. The molecule has 1 fully saturated rings. The number of nitrogens with zero attached hydrogens (tertiary/aromatic N) is 1. The summed E-state index contributed by atoms with van der Waals surface area (Å²) in [6.07, 6.45) is 1.75. The van der Waals surface area contributed by atoms with Crippen molar-refractivity contribution >= 4 is 12.4 Å². The van der Waals surface area contributed by atoms with Gasteiger partial charge in [-0.1, -0.05) is 6.07 Å². The zero-order valence-corrected chi connectivity index (χ0v) is 13.3. The van der Waals surface area contributed by atoms with Crippen LogP contribution in [-0.2, 0) is 4.74 Å². The number of likely N-dealkylation sites (tertiary alicyclic amines) is 1. The molecule has 5 heteroatoms. The molecule has 1 amide bonds. The number of ether oxygens (including phenoxy) is 1. The number of piperidine rings is 1. The van der Waals surface area contributed by atoms with Crippen molar-refractivity contribution in [1.29, 1.82) is 0 Å². The van der Waals surface area contributed by atoms with E-state index in [9.17, 15) is 14.0 Å². The summed E-state index contributed by atoms with van der Waals surface area (Å²) in [6, 6.07) is 4.73. The van der Waals surface area contributed by atoms with Gasteiger partial charge in [0.1, 0.15) is 11.4 Å². The Hall–Kier alpha value is -1.91. The molecule has 0 aliphatic carbocycles. The maximum atomic E-state index is 13.7. The van der Waals surface area contributed by atoms with Gasteiger partial charge in [-0.2, -0.15) is 0 Å². The van der Waals surface area contributed by atoms with Gasteiger partial charge in [0, 0.05) is 13.1 Å². The van der Waals surface area contributed by atoms with Crippen molar-refractivity contribution in [3.05, 3.63) is 35.1 Å². The highest BCUT2D eigenvalue weighted by Crippen LogP contribution is 2.29. The van der Waals surface area contributed by atoms with Gasteiger partial charge < -0.3 is 9.64 Å². The van der Waals surface area contributed by atoms with E-state index in [4.69, 9.17) is 4.74 Å². The minimum atomic E-state index is -0.498. The van der Waals surface area contributed by atoms with Crippen LogP contribution in [0, 0.1) is 5.82 Å². The Morgan fingerprint density at radius 1 is 1.32 bits per heavy atom. The first-order valence-electron chi connectivity index (χ1n) is 7.52. The zero-order chi connectivity index (χ0) is 16.3. The Kier molecular flexibility index (Phi) is 4.84. The molecule has 4 nitrogen and oxygen atoms in total. The van der Waals surface area contributed by atoms with E-state index in [0.29, 0.717) is 19.4 Å². The lowest BCUT2D eigenvalue weighted by Gasteiger charge is -2.33. The highest BCUT2D eigenvalue weighted by Gasteiger charge is 2.27. The number of aldehydes is 1. The summed E-state index contributed by atoms with van der Waals surface area (Å²) in [5.41, 5.74) is 0.462. The quantitative estimate of drug-likeness (QED) is 0.782. The van der Waals surface area contributed by atoms with E-state index < -0.39 is 11.4 Å². The topological polar surface area (TPSA) is 46.6 Å². The SMILES string of the molecule is CC(C)(C)OC(=O)N1CCC(c2ccc(C=O)c(F)c2)CC1. The van der Waals surface area contributed by atoms with Crippen LogP contribution >= 0.6 is 0 Å². The molecule has 0 unspecified atom stereocenters. The van der Waals surface area contributed by atoms with Crippen molar-refractivity contribution in [2.24, 2.45) is 0 Å². The van der Waals surface area contributed by atoms with Crippen molar-refractivity contribution in [2.75, 3.05) is 13.1 Å². The fraction of sp³-hybridized carbons (Fsp3) is 0.529. The van der Waals surface area contributed by atoms with Gasteiger partial charge in [0.25, 0.3) is 0 Å². The van der Waals surface area contributed by atoms with E-state index in [0.717, 1.165) is 18.4 Å². The van der Waals surface area contributed by atoms with Crippen LogP contribution in [0.25, 0.3) is 0 Å². The van der Waals surface area contributed by atoms with E-state index in [1.54, 1.807) is 11.0 Å². The minimum absolute atomic E-state index is 0.0786. The molecule has 0 atom stereocenters. The third-order valence-electron chi connectivity index (χ3n) is 3.77. The van der Waals surface area contributed by atoms with Crippen LogP contribution in [-0.4, -0.2) is 36.0 Å². The number of carbonyl (C=O) groups is 2. The molecule has 2 rings (SSSR count). The van der Waals surface area contributed by atoms with Crippen LogP contribution in [0.15, 0.2) is 18.2 Å².